The third-order valence-corrected chi connectivity index (χ3v) is 7.44. The van der Waals surface area contributed by atoms with Crippen LogP contribution in [0.4, 0.5) is 5.82 Å². The van der Waals surface area contributed by atoms with Crippen molar-refractivity contribution in [1.29, 1.82) is 0 Å². The summed E-state index contributed by atoms with van der Waals surface area (Å²) in [7, 11) is -1.46. The van der Waals surface area contributed by atoms with Crippen molar-refractivity contribution in [2.75, 3.05) is 23.9 Å². The Bertz CT molecular complexity index is 951. The van der Waals surface area contributed by atoms with Crippen molar-refractivity contribution in [3.63, 3.8) is 0 Å². The molecule has 1 unspecified atom stereocenters. The second-order valence-electron chi connectivity index (χ2n) is 6.45. The van der Waals surface area contributed by atoms with E-state index >= 15 is 0 Å². The third-order valence-electron chi connectivity index (χ3n) is 4.72. The predicted molar refractivity (Wildman–Crippen MR) is 100 cm³/mol. The molecule has 2 aliphatic rings. The second-order valence-corrected chi connectivity index (χ2v) is 9.67. The van der Waals surface area contributed by atoms with E-state index in [2.05, 4.69) is 10.4 Å². The lowest BCUT2D eigenvalue weighted by Crippen LogP contribution is -2.20. The fourth-order valence-corrected chi connectivity index (χ4v) is 6.05. The third kappa shape index (κ3) is 3.21. The van der Waals surface area contributed by atoms with Gasteiger partial charge in [-0.1, -0.05) is 0 Å². The zero-order valence-corrected chi connectivity index (χ0v) is 15.9. The van der Waals surface area contributed by atoms with Gasteiger partial charge in [-0.3, -0.25) is 4.79 Å². The molecule has 0 bridgehead atoms. The largest absolute Gasteiger partial charge is 0.497 e. The number of hydrogen-bond acceptors (Lipinski definition) is 6. The van der Waals surface area contributed by atoms with Crippen molar-refractivity contribution in [3.8, 4) is 5.75 Å². The molecule has 1 N–H and O–H groups in total. The standard InChI is InChI=1S/C17H19N3O4S2/c1-24-13-4-2-11(3-5-13)17(21)18-16-14-8-25-9-15(14)19-20(16)12-6-7-26(22,23)10-12/h2-5,12H,6-10H2,1H3,(H,18,21). The summed E-state index contributed by atoms with van der Waals surface area (Å²) in [6.45, 7) is 0. The molecule has 0 radical (unpaired) electrons. The number of nitrogens with zero attached hydrogens (tertiary/aromatic N) is 2. The SMILES string of the molecule is COc1ccc(C(=O)Nc2c3c(nn2C2CCS(=O)(=O)C2)CSC3)cc1. The van der Waals surface area contributed by atoms with Crippen LogP contribution in [-0.4, -0.2) is 42.7 Å². The quantitative estimate of drug-likeness (QED) is 0.857. The monoisotopic (exact) mass is 393 g/mol. The molecule has 138 valence electrons. The molecule has 2 aliphatic heterocycles. The first kappa shape index (κ1) is 17.4. The number of ether oxygens (including phenoxy) is 1. The van der Waals surface area contributed by atoms with E-state index in [9.17, 15) is 13.2 Å². The zero-order chi connectivity index (χ0) is 18.3. The number of anilines is 1. The molecule has 26 heavy (non-hydrogen) atoms. The number of aromatic nitrogens is 2. The molecule has 9 heteroatoms. The van der Waals surface area contributed by atoms with Gasteiger partial charge in [0.1, 0.15) is 11.6 Å². The molecular formula is C17H19N3O4S2. The fraction of sp³-hybridized carbons (Fsp3) is 0.412. The number of amides is 1. The van der Waals surface area contributed by atoms with E-state index in [1.54, 1.807) is 47.8 Å². The molecule has 1 atom stereocenters. The maximum Gasteiger partial charge on any atom is 0.256 e. The first-order chi connectivity index (χ1) is 12.5. The predicted octanol–water partition coefficient (Wildman–Crippen LogP) is 2.25. The molecule has 1 amide bonds. The molecule has 1 aromatic heterocycles. The molecule has 1 aromatic carbocycles. The van der Waals surface area contributed by atoms with Crippen LogP contribution < -0.4 is 10.1 Å². The second kappa shape index (κ2) is 6.62. The lowest BCUT2D eigenvalue weighted by Gasteiger charge is -2.15. The normalized spacial score (nSPS) is 20.7. The first-order valence-electron chi connectivity index (χ1n) is 8.30. The smallest absolute Gasteiger partial charge is 0.256 e. The van der Waals surface area contributed by atoms with Gasteiger partial charge in [-0.05, 0) is 30.7 Å². The number of hydrogen-bond donors (Lipinski definition) is 1. The molecule has 3 heterocycles. The van der Waals surface area contributed by atoms with Crippen LogP contribution in [0.5, 0.6) is 5.75 Å². The first-order valence-corrected chi connectivity index (χ1v) is 11.3. The highest BCUT2D eigenvalue weighted by molar-refractivity contribution is 7.98. The van der Waals surface area contributed by atoms with Crippen LogP contribution in [0.2, 0.25) is 0 Å². The van der Waals surface area contributed by atoms with Crippen LogP contribution in [-0.2, 0) is 21.3 Å². The number of carbonyl (C=O) groups excluding carboxylic acids is 1. The molecule has 2 aromatic rings. The lowest BCUT2D eigenvalue weighted by atomic mass is 10.2. The van der Waals surface area contributed by atoms with Crippen LogP contribution >= 0.6 is 11.8 Å². The number of sulfone groups is 1. The van der Waals surface area contributed by atoms with Crippen LogP contribution in [0.25, 0.3) is 0 Å². The Morgan fingerprint density at radius 3 is 2.73 bits per heavy atom. The minimum absolute atomic E-state index is 0.0755. The van der Waals surface area contributed by atoms with Crippen molar-refractivity contribution in [3.05, 3.63) is 41.1 Å². The molecule has 0 saturated carbocycles. The molecule has 0 spiro atoms. The molecule has 1 saturated heterocycles. The maximum atomic E-state index is 12.7. The van der Waals surface area contributed by atoms with Crippen molar-refractivity contribution in [2.45, 2.75) is 24.0 Å². The van der Waals surface area contributed by atoms with Gasteiger partial charge in [0, 0.05) is 22.6 Å². The summed E-state index contributed by atoms with van der Waals surface area (Å²) in [4.78, 5) is 12.7. The van der Waals surface area contributed by atoms with Gasteiger partial charge in [0.25, 0.3) is 5.91 Å². The van der Waals surface area contributed by atoms with Crippen molar-refractivity contribution < 1.29 is 17.9 Å². The highest BCUT2D eigenvalue weighted by Gasteiger charge is 2.34. The Morgan fingerprint density at radius 2 is 2.08 bits per heavy atom. The average Bonchev–Trinajstić information content (AvgIpc) is 3.30. The maximum absolute atomic E-state index is 12.7. The van der Waals surface area contributed by atoms with Crippen molar-refractivity contribution in [2.24, 2.45) is 0 Å². The fourth-order valence-electron chi connectivity index (χ4n) is 3.32. The van der Waals surface area contributed by atoms with E-state index < -0.39 is 9.84 Å². The Morgan fingerprint density at radius 1 is 1.31 bits per heavy atom. The summed E-state index contributed by atoms with van der Waals surface area (Å²) in [5.74, 6) is 2.87. The van der Waals surface area contributed by atoms with Gasteiger partial charge in [0.15, 0.2) is 9.84 Å². The molecule has 4 rings (SSSR count). The van der Waals surface area contributed by atoms with E-state index in [1.165, 1.54) is 0 Å². The van der Waals surface area contributed by atoms with E-state index in [1.807, 2.05) is 0 Å². The van der Waals surface area contributed by atoms with E-state index in [4.69, 9.17) is 4.74 Å². The number of thioether (sulfide) groups is 1. The number of fused-ring (bicyclic) bond motifs is 1. The summed E-state index contributed by atoms with van der Waals surface area (Å²) >= 11 is 1.74. The van der Waals surface area contributed by atoms with Gasteiger partial charge in [-0.15, -0.1) is 0 Å². The van der Waals surface area contributed by atoms with Crippen LogP contribution in [0.1, 0.15) is 34.1 Å². The van der Waals surface area contributed by atoms with Crippen molar-refractivity contribution >= 4 is 33.3 Å². The Labute approximate surface area is 156 Å². The number of rotatable bonds is 4. The number of nitrogens with one attached hydrogen (secondary N) is 1. The highest BCUT2D eigenvalue weighted by Crippen LogP contribution is 2.38. The van der Waals surface area contributed by atoms with E-state index in [0.29, 0.717) is 23.6 Å². The van der Waals surface area contributed by atoms with Gasteiger partial charge in [0.05, 0.1) is 30.4 Å². The number of benzene rings is 1. The van der Waals surface area contributed by atoms with Gasteiger partial charge < -0.3 is 10.1 Å². The summed E-state index contributed by atoms with van der Waals surface area (Å²) in [5.41, 5.74) is 2.45. The van der Waals surface area contributed by atoms with E-state index in [-0.39, 0.29) is 23.5 Å². The van der Waals surface area contributed by atoms with E-state index in [0.717, 1.165) is 22.8 Å². The average molecular weight is 393 g/mol. The Hall–Kier alpha value is -2.00. The Kier molecular flexibility index (Phi) is 4.44. The van der Waals surface area contributed by atoms with Gasteiger partial charge >= 0.3 is 0 Å². The minimum Gasteiger partial charge on any atom is -0.497 e. The summed E-state index contributed by atoms with van der Waals surface area (Å²) in [6, 6.07) is 6.64. The zero-order valence-electron chi connectivity index (χ0n) is 14.3. The lowest BCUT2D eigenvalue weighted by molar-refractivity contribution is 0.102. The van der Waals surface area contributed by atoms with Crippen LogP contribution in [0.15, 0.2) is 24.3 Å². The molecule has 0 aliphatic carbocycles. The van der Waals surface area contributed by atoms with Gasteiger partial charge in [0.2, 0.25) is 0 Å². The summed E-state index contributed by atoms with van der Waals surface area (Å²) in [6.07, 6.45) is 0.529. The minimum atomic E-state index is -3.03. The van der Waals surface area contributed by atoms with Gasteiger partial charge in [-0.25, -0.2) is 13.1 Å². The summed E-state index contributed by atoms with van der Waals surface area (Å²) in [5, 5.41) is 7.57. The van der Waals surface area contributed by atoms with Crippen LogP contribution in [0, 0.1) is 0 Å². The van der Waals surface area contributed by atoms with Crippen molar-refractivity contribution in [1.82, 2.24) is 9.78 Å². The number of methoxy groups -OCH3 is 1. The molecular weight excluding hydrogens is 374 g/mol. The molecule has 1 fully saturated rings. The Balaban J connectivity index is 1.64. The van der Waals surface area contributed by atoms with Gasteiger partial charge in [-0.2, -0.15) is 16.9 Å². The van der Waals surface area contributed by atoms with Crippen LogP contribution in [0.3, 0.4) is 0 Å². The summed E-state index contributed by atoms with van der Waals surface area (Å²) < 4.78 is 30.6. The topological polar surface area (TPSA) is 90.3 Å². The molecule has 7 nitrogen and oxygen atoms in total. The highest BCUT2D eigenvalue weighted by atomic mass is 32.2. The number of carbonyl (C=O) groups is 1.